The first-order valence-corrected chi connectivity index (χ1v) is 11.8. The largest absolute Gasteiger partial charge is 0.360 e. The van der Waals surface area contributed by atoms with E-state index in [9.17, 15) is 17.6 Å². The van der Waals surface area contributed by atoms with E-state index in [2.05, 4.69) is 15.5 Å². The molecular formula is C20H23FN4O4S. The first kappa shape index (κ1) is 19.6. The SMILES string of the molecule is O=C(NC1CC2CCC[C@@H](C1)N2S(=O)(=O)c1cncc(F)c1)c1cc(C2CC2)on1. The number of pyridine rings is 1. The van der Waals surface area contributed by atoms with Crippen LogP contribution in [0, 0.1) is 5.82 Å². The van der Waals surface area contributed by atoms with Crippen LogP contribution in [0.25, 0.3) is 0 Å². The highest BCUT2D eigenvalue weighted by molar-refractivity contribution is 7.89. The van der Waals surface area contributed by atoms with E-state index in [1.54, 1.807) is 6.07 Å². The second kappa shape index (κ2) is 7.42. The van der Waals surface area contributed by atoms with Crippen molar-refractivity contribution in [2.24, 2.45) is 0 Å². The molecule has 5 rings (SSSR count). The van der Waals surface area contributed by atoms with Crippen molar-refractivity contribution in [3.63, 3.8) is 0 Å². The quantitative estimate of drug-likeness (QED) is 0.776. The molecule has 1 saturated carbocycles. The number of hydrogen-bond acceptors (Lipinski definition) is 6. The van der Waals surface area contributed by atoms with E-state index in [1.807, 2.05) is 0 Å². The minimum atomic E-state index is -3.86. The Morgan fingerprint density at radius 2 is 1.87 bits per heavy atom. The molecule has 2 aromatic rings. The van der Waals surface area contributed by atoms with Gasteiger partial charge in [0.1, 0.15) is 16.5 Å². The highest BCUT2D eigenvalue weighted by Gasteiger charge is 2.45. The Kier molecular flexibility index (Phi) is 4.85. The van der Waals surface area contributed by atoms with E-state index < -0.39 is 15.8 Å². The predicted octanol–water partition coefficient (Wildman–Crippen LogP) is 2.59. The van der Waals surface area contributed by atoms with E-state index in [-0.39, 0.29) is 34.6 Å². The van der Waals surface area contributed by atoms with Crippen molar-refractivity contribution < 1.29 is 22.1 Å². The fourth-order valence-corrected chi connectivity index (χ4v) is 6.59. The van der Waals surface area contributed by atoms with Gasteiger partial charge in [-0.15, -0.1) is 0 Å². The number of halogens is 1. The Morgan fingerprint density at radius 3 is 2.53 bits per heavy atom. The summed E-state index contributed by atoms with van der Waals surface area (Å²) in [6.45, 7) is 0. The van der Waals surface area contributed by atoms with Crippen molar-refractivity contribution in [2.75, 3.05) is 0 Å². The summed E-state index contributed by atoms with van der Waals surface area (Å²) in [5, 5.41) is 6.88. The van der Waals surface area contributed by atoms with E-state index in [1.165, 1.54) is 10.5 Å². The van der Waals surface area contributed by atoms with Gasteiger partial charge in [-0.3, -0.25) is 9.78 Å². The molecule has 2 aromatic heterocycles. The van der Waals surface area contributed by atoms with Gasteiger partial charge in [0.25, 0.3) is 5.91 Å². The van der Waals surface area contributed by atoms with Crippen LogP contribution in [0.1, 0.15) is 67.1 Å². The molecule has 0 aromatic carbocycles. The zero-order valence-corrected chi connectivity index (χ0v) is 17.1. The maximum atomic E-state index is 13.6. The standard InChI is InChI=1S/C20H23FN4O4S/c21-13-6-17(11-22-10-13)30(27,28)25-15-2-1-3-16(25)8-14(7-15)23-20(26)18-9-19(29-24-18)12-4-5-12/h6,9-12,14-16H,1-5,7-8H2,(H,23,26)/t14?,15-,16?/m0/s1. The molecule has 2 bridgehead atoms. The van der Waals surface area contributed by atoms with E-state index in [0.29, 0.717) is 31.6 Å². The van der Waals surface area contributed by atoms with Crippen LogP contribution in [0.2, 0.25) is 0 Å². The normalized spacial score (nSPS) is 27.0. The molecule has 4 heterocycles. The van der Waals surface area contributed by atoms with Gasteiger partial charge in [0, 0.05) is 36.3 Å². The highest BCUT2D eigenvalue weighted by Crippen LogP contribution is 2.40. The summed E-state index contributed by atoms with van der Waals surface area (Å²) >= 11 is 0. The van der Waals surface area contributed by atoms with Gasteiger partial charge in [-0.2, -0.15) is 4.31 Å². The first-order chi connectivity index (χ1) is 14.4. The van der Waals surface area contributed by atoms with E-state index in [4.69, 9.17) is 4.52 Å². The molecule has 1 N–H and O–H groups in total. The monoisotopic (exact) mass is 434 g/mol. The molecule has 0 spiro atoms. The molecule has 0 radical (unpaired) electrons. The summed E-state index contributed by atoms with van der Waals surface area (Å²) in [6, 6.07) is 2.08. The Hall–Kier alpha value is -2.33. The third-order valence-electron chi connectivity index (χ3n) is 6.24. The van der Waals surface area contributed by atoms with Gasteiger partial charge in [0.2, 0.25) is 10.0 Å². The Morgan fingerprint density at radius 1 is 1.13 bits per heavy atom. The Labute approximate surface area is 173 Å². The van der Waals surface area contributed by atoms with Crippen LogP contribution in [0.5, 0.6) is 0 Å². The van der Waals surface area contributed by atoms with Crippen LogP contribution in [-0.2, 0) is 10.0 Å². The number of hydrogen-bond donors (Lipinski definition) is 1. The zero-order valence-electron chi connectivity index (χ0n) is 16.3. The molecule has 1 amide bonds. The number of rotatable bonds is 5. The number of amides is 1. The molecule has 30 heavy (non-hydrogen) atoms. The van der Waals surface area contributed by atoms with Crippen LogP contribution in [0.15, 0.2) is 33.9 Å². The van der Waals surface area contributed by atoms with Crippen LogP contribution in [0.4, 0.5) is 4.39 Å². The molecule has 2 unspecified atom stereocenters. The van der Waals surface area contributed by atoms with Gasteiger partial charge in [0.05, 0.1) is 6.20 Å². The summed E-state index contributed by atoms with van der Waals surface area (Å²) in [5.74, 6) is 0.159. The molecule has 3 aliphatic rings. The van der Waals surface area contributed by atoms with E-state index >= 15 is 0 Å². The number of sulfonamides is 1. The van der Waals surface area contributed by atoms with Gasteiger partial charge in [0.15, 0.2) is 5.69 Å². The predicted molar refractivity (Wildman–Crippen MR) is 104 cm³/mol. The third kappa shape index (κ3) is 3.62. The van der Waals surface area contributed by atoms with Crippen molar-refractivity contribution in [3.8, 4) is 0 Å². The number of piperidine rings is 2. The molecule has 3 atom stereocenters. The topological polar surface area (TPSA) is 105 Å². The maximum Gasteiger partial charge on any atom is 0.273 e. The Bertz CT molecular complexity index is 1050. The molecule has 2 aliphatic heterocycles. The minimum Gasteiger partial charge on any atom is -0.360 e. The first-order valence-electron chi connectivity index (χ1n) is 10.3. The van der Waals surface area contributed by atoms with Crippen molar-refractivity contribution in [1.29, 1.82) is 0 Å². The molecule has 160 valence electrons. The van der Waals surface area contributed by atoms with Crippen LogP contribution in [-0.4, -0.2) is 46.9 Å². The van der Waals surface area contributed by atoms with Crippen molar-refractivity contribution in [3.05, 3.63) is 41.8 Å². The van der Waals surface area contributed by atoms with Crippen molar-refractivity contribution >= 4 is 15.9 Å². The van der Waals surface area contributed by atoms with Gasteiger partial charge in [-0.1, -0.05) is 11.6 Å². The number of fused-ring (bicyclic) bond motifs is 2. The number of aromatic nitrogens is 2. The summed E-state index contributed by atoms with van der Waals surface area (Å²) in [5.41, 5.74) is 0.267. The number of carbonyl (C=O) groups excluding carboxylic acids is 1. The van der Waals surface area contributed by atoms with E-state index in [0.717, 1.165) is 37.3 Å². The molecule has 1 aliphatic carbocycles. The van der Waals surface area contributed by atoms with Gasteiger partial charge < -0.3 is 9.84 Å². The molecule has 3 fully saturated rings. The fraction of sp³-hybridized carbons (Fsp3) is 0.550. The second-order valence-corrected chi connectivity index (χ2v) is 10.3. The lowest BCUT2D eigenvalue weighted by atomic mass is 9.84. The second-order valence-electron chi connectivity index (χ2n) is 8.44. The number of nitrogens with zero attached hydrogens (tertiary/aromatic N) is 3. The molecular weight excluding hydrogens is 411 g/mol. The zero-order chi connectivity index (χ0) is 20.9. The molecule has 8 nitrogen and oxygen atoms in total. The van der Waals surface area contributed by atoms with Crippen molar-refractivity contribution in [2.45, 2.75) is 73.9 Å². The number of nitrogens with one attached hydrogen (secondary N) is 1. The lowest BCUT2D eigenvalue weighted by Crippen LogP contribution is -2.58. The summed E-state index contributed by atoms with van der Waals surface area (Å²) < 4.78 is 46.7. The fourth-order valence-electron chi connectivity index (χ4n) is 4.72. The lowest BCUT2D eigenvalue weighted by Gasteiger charge is -2.47. The van der Waals surface area contributed by atoms with Crippen molar-refractivity contribution in [1.82, 2.24) is 19.8 Å². The smallest absolute Gasteiger partial charge is 0.273 e. The van der Waals surface area contributed by atoms with Gasteiger partial charge >= 0.3 is 0 Å². The summed E-state index contributed by atoms with van der Waals surface area (Å²) in [6.07, 6.45) is 7.67. The van der Waals surface area contributed by atoms with Crippen LogP contribution < -0.4 is 5.32 Å². The average molecular weight is 434 g/mol. The van der Waals surface area contributed by atoms with Crippen LogP contribution >= 0.6 is 0 Å². The Balaban J connectivity index is 1.31. The molecule has 10 heteroatoms. The average Bonchev–Trinajstić information content (AvgIpc) is 3.43. The lowest BCUT2D eigenvalue weighted by molar-refractivity contribution is 0.0789. The minimum absolute atomic E-state index is 0.128. The maximum absolute atomic E-state index is 13.6. The third-order valence-corrected chi connectivity index (χ3v) is 8.21. The summed E-state index contributed by atoms with van der Waals surface area (Å²) in [4.78, 5) is 16.2. The molecule has 2 saturated heterocycles. The number of carbonyl (C=O) groups is 1. The van der Waals surface area contributed by atoms with Gasteiger partial charge in [-0.05, 0) is 44.6 Å². The summed E-state index contributed by atoms with van der Waals surface area (Å²) in [7, 11) is -3.86. The highest BCUT2D eigenvalue weighted by atomic mass is 32.2. The van der Waals surface area contributed by atoms with Gasteiger partial charge in [-0.25, -0.2) is 12.8 Å². The van der Waals surface area contributed by atoms with Crippen LogP contribution in [0.3, 0.4) is 0 Å².